The lowest BCUT2D eigenvalue weighted by atomic mass is 10.0. The first kappa shape index (κ1) is 72.3. The number of esters is 1. The lowest BCUT2D eigenvalue weighted by Crippen LogP contribution is -2.45. The van der Waals surface area contributed by atoms with E-state index in [1.807, 2.05) is 0 Å². The maximum absolute atomic E-state index is 12.5. The largest absolute Gasteiger partial charge is 0.466 e. The molecule has 0 radical (unpaired) electrons. The molecule has 2 atom stereocenters. The van der Waals surface area contributed by atoms with Crippen molar-refractivity contribution >= 4 is 11.9 Å². The van der Waals surface area contributed by atoms with Crippen molar-refractivity contribution in [3.05, 3.63) is 24.3 Å². The van der Waals surface area contributed by atoms with Crippen LogP contribution >= 0.6 is 0 Å². The van der Waals surface area contributed by atoms with Gasteiger partial charge in [0.1, 0.15) is 0 Å². The van der Waals surface area contributed by atoms with Crippen molar-refractivity contribution in [2.24, 2.45) is 0 Å². The van der Waals surface area contributed by atoms with Crippen molar-refractivity contribution < 1.29 is 24.5 Å². The highest BCUT2D eigenvalue weighted by molar-refractivity contribution is 5.76. The first-order chi connectivity index (χ1) is 36.5. The Bertz CT molecular complexity index is 1150. The van der Waals surface area contributed by atoms with Crippen LogP contribution in [0.25, 0.3) is 0 Å². The summed E-state index contributed by atoms with van der Waals surface area (Å²) in [5.41, 5.74) is 0. The van der Waals surface area contributed by atoms with E-state index >= 15 is 0 Å². The Morgan fingerprint density at radius 1 is 0.378 bits per heavy atom. The smallest absolute Gasteiger partial charge is 0.305 e. The molecule has 1 amide bonds. The van der Waals surface area contributed by atoms with Gasteiger partial charge in [0.05, 0.1) is 25.4 Å². The predicted molar refractivity (Wildman–Crippen MR) is 324 cm³/mol. The van der Waals surface area contributed by atoms with Crippen molar-refractivity contribution in [3.63, 3.8) is 0 Å². The average molecular weight is 1040 g/mol. The van der Waals surface area contributed by atoms with Crippen LogP contribution in [0.5, 0.6) is 0 Å². The highest BCUT2D eigenvalue weighted by Crippen LogP contribution is 2.19. The Morgan fingerprint density at radius 2 is 0.703 bits per heavy atom. The Hall–Kier alpha value is -1.66. The van der Waals surface area contributed by atoms with E-state index in [1.54, 1.807) is 0 Å². The number of carbonyl (C=O) groups excluding carboxylic acids is 2. The van der Waals surface area contributed by atoms with Crippen molar-refractivity contribution in [1.29, 1.82) is 0 Å². The number of rotatable bonds is 63. The van der Waals surface area contributed by atoms with Crippen molar-refractivity contribution in [1.82, 2.24) is 5.32 Å². The van der Waals surface area contributed by atoms with Gasteiger partial charge >= 0.3 is 5.97 Å². The topological polar surface area (TPSA) is 95.9 Å². The normalized spacial score (nSPS) is 12.6. The van der Waals surface area contributed by atoms with Crippen LogP contribution in [0.1, 0.15) is 373 Å². The van der Waals surface area contributed by atoms with Crippen molar-refractivity contribution in [2.75, 3.05) is 13.2 Å². The number of aliphatic hydroxyl groups is 2. The molecule has 0 bridgehead atoms. The second-order valence-electron chi connectivity index (χ2n) is 23.2. The lowest BCUT2D eigenvalue weighted by molar-refractivity contribution is -0.143. The summed E-state index contributed by atoms with van der Waals surface area (Å²) in [5.74, 6) is -0.0325. The number of hydrogen-bond acceptors (Lipinski definition) is 5. The first-order valence-corrected chi connectivity index (χ1v) is 33.6. The van der Waals surface area contributed by atoms with Crippen LogP contribution in [0, 0.1) is 0 Å². The second-order valence-corrected chi connectivity index (χ2v) is 23.2. The molecule has 2 unspecified atom stereocenters. The molecule has 0 aromatic heterocycles. The van der Waals surface area contributed by atoms with E-state index in [9.17, 15) is 19.8 Å². The number of hydrogen-bond donors (Lipinski definition) is 3. The maximum Gasteiger partial charge on any atom is 0.305 e. The van der Waals surface area contributed by atoms with Gasteiger partial charge in [-0.05, 0) is 51.4 Å². The van der Waals surface area contributed by atoms with Gasteiger partial charge in [-0.25, -0.2) is 0 Å². The minimum atomic E-state index is -0.666. The summed E-state index contributed by atoms with van der Waals surface area (Å²) < 4.78 is 5.47. The molecule has 0 saturated carbocycles. The Labute approximate surface area is 462 Å². The summed E-state index contributed by atoms with van der Waals surface area (Å²) in [4.78, 5) is 24.6. The molecule has 0 spiro atoms. The van der Waals surface area contributed by atoms with Gasteiger partial charge in [0.25, 0.3) is 0 Å². The minimum Gasteiger partial charge on any atom is -0.466 e. The highest BCUT2D eigenvalue weighted by atomic mass is 16.5. The van der Waals surface area contributed by atoms with Gasteiger partial charge in [-0.2, -0.15) is 0 Å². The molecule has 3 N–H and O–H groups in total. The number of allylic oxidation sites excluding steroid dienone is 4. The lowest BCUT2D eigenvalue weighted by Gasteiger charge is -2.22. The molecule has 74 heavy (non-hydrogen) atoms. The molecule has 0 aliphatic heterocycles. The van der Waals surface area contributed by atoms with Gasteiger partial charge in [0, 0.05) is 12.8 Å². The molecule has 0 aromatic carbocycles. The molecule has 0 aliphatic carbocycles. The number of carbonyl (C=O) groups is 2. The predicted octanol–water partition coefficient (Wildman–Crippen LogP) is 21.4. The van der Waals surface area contributed by atoms with Gasteiger partial charge in [-0.3, -0.25) is 9.59 Å². The quantitative estimate of drug-likeness (QED) is 0.0320. The highest BCUT2D eigenvalue weighted by Gasteiger charge is 2.20. The third kappa shape index (κ3) is 59.6. The fourth-order valence-corrected chi connectivity index (χ4v) is 10.6. The fourth-order valence-electron chi connectivity index (χ4n) is 10.6. The summed E-state index contributed by atoms with van der Waals surface area (Å²) >= 11 is 0. The molecule has 0 rings (SSSR count). The third-order valence-corrected chi connectivity index (χ3v) is 15.7. The van der Waals surface area contributed by atoms with Gasteiger partial charge in [-0.15, -0.1) is 0 Å². The van der Waals surface area contributed by atoms with Gasteiger partial charge < -0.3 is 20.3 Å². The van der Waals surface area contributed by atoms with Crippen LogP contribution in [-0.4, -0.2) is 47.4 Å². The van der Waals surface area contributed by atoms with Crippen LogP contribution in [0.4, 0.5) is 0 Å². The van der Waals surface area contributed by atoms with Gasteiger partial charge in [-0.1, -0.05) is 334 Å². The Morgan fingerprint density at radius 3 is 1.08 bits per heavy atom. The first-order valence-electron chi connectivity index (χ1n) is 33.6. The van der Waals surface area contributed by atoms with E-state index in [0.29, 0.717) is 25.9 Å². The summed E-state index contributed by atoms with van der Waals surface area (Å²) in [7, 11) is 0. The molecule has 6 heteroatoms. The Kier molecular flexibility index (Phi) is 62.4. The van der Waals surface area contributed by atoms with E-state index in [4.69, 9.17) is 4.74 Å². The van der Waals surface area contributed by atoms with E-state index in [2.05, 4.69) is 43.5 Å². The molecule has 0 aliphatic rings. The van der Waals surface area contributed by atoms with E-state index in [1.165, 1.54) is 289 Å². The molecule has 0 saturated heterocycles. The number of aliphatic hydroxyl groups excluding tert-OH is 2. The van der Waals surface area contributed by atoms with Crippen LogP contribution in [0.3, 0.4) is 0 Å². The maximum atomic E-state index is 12.5. The average Bonchev–Trinajstić information content (AvgIpc) is 3.40. The van der Waals surface area contributed by atoms with Gasteiger partial charge in [0.2, 0.25) is 5.91 Å². The standard InChI is InChI=1S/C68H131NO5/c1-3-5-7-9-11-13-15-17-18-19-20-21-24-27-30-33-37-40-44-48-52-56-60-66(71)65(64-70)69-67(72)61-57-53-49-45-41-38-34-31-28-25-22-23-26-29-32-35-39-43-47-51-55-59-63-74-68(73)62-58-54-50-46-42-36-16-14-12-10-8-6-4-2/h8,10,14,16,65-66,70-71H,3-7,9,11-13,15,17-64H2,1-2H3,(H,69,72)/b10-8-,16-14-. The molecule has 0 heterocycles. The SMILES string of the molecule is CCC/C=C\C/C=C\CCCCCCCC(=O)OCCCCCCCCCCCCCCCCCCCCCCCCC(=O)NC(CO)C(O)CCCCCCCCCCCCCCCCCCCCCCCC. The zero-order valence-electron chi connectivity index (χ0n) is 50.1. The molecule has 0 aromatic rings. The molecular formula is C68H131NO5. The molecule has 0 fully saturated rings. The second kappa shape index (κ2) is 63.9. The molecular weight excluding hydrogens is 911 g/mol. The number of unbranched alkanes of at least 4 members (excludes halogenated alkanes) is 48. The van der Waals surface area contributed by atoms with E-state index in [-0.39, 0.29) is 18.5 Å². The zero-order chi connectivity index (χ0) is 53.6. The summed E-state index contributed by atoms with van der Waals surface area (Å²) in [6.45, 7) is 4.91. The fraction of sp³-hybridized carbons (Fsp3) is 0.912. The number of amides is 1. The van der Waals surface area contributed by atoms with Crippen LogP contribution < -0.4 is 5.32 Å². The Balaban J connectivity index is 3.39. The third-order valence-electron chi connectivity index (χ3n) is 15.7. The summed E-state index contributed by atoms with van der Waals surface area (Å²) in [6.07, 6.45) is 79.2. The molecule has 438 valence electrons. The molecule has 6 nitrogen and oxygen atoms in total. The van der Waals surface area contributed by atoms with Crippen LogP contribution in [0.2, 0.25) is 0 Å². The van der Waals surface area contributed by atoms with Crippen molar-refractivity contribution in [2.45, 2.75) is 386 Å². The summed E-state index contributed by atoms with van der Waals surface area (Å²) in [5, 5.41) is 23.4. The number of ether oxygens (including phenoxy) is 1. The van der Waals surface area contributed by atoms with Crippen LogP contribution in [-0.2, 0) is 14.3 Å². The van der Waals surface area contributed by atoms with E-state index in [0.717, 1.165) is 51.4 Å². The monoisotopic (exact) mass is 1040 g/mol. The van der Waals surface area contributed by atoms with Crippen molar-refractivity contribution in [3.8, 4) is 0 Å². The van der Waals surface area contributed by atoms with E-state index < -0.39 is 12.1 Å². The van der Waals surface area contributed by atoms with Gasteiger partial charge in [0.15, 0.2) is 0 Å². The summed E-state index contributed by atoms with van der Waals surface area (Å²) in [6, 6.07) is -0.543. The zero-order valence-corrected chi connectivity index (χ0v) is 50.1. The minimum absolute atomic E-state index is 0.00133. The number of nitrogens with one attached hydrogen (secondary N) is 1. The van der Waals surface area contributed by atoms with Crippen LogP contribution in [0.15, 0.2) is 24.3 Å².